The van der Waals surface area contributed by atoms with E-state index < -0.39 is 36.0 Å². The van der Waals surface area contributed by atoms with Gasteiger partial charge in [0.15, 0.2) is 12.2 Å². The van der Waals surface area contributed by atoms with Crippen LogP contribution in [0.5, 0.6) is 0 Å². The van der Waals surface area contributed by atoms with Crippen LogP contribution in [0.3, 0.4) is 0 Å². The van der Waals surface area contributed by atoms with Gasteiger partial charge in [-0.2, -0.15) is 0 Å². The van der Waals surface area contributed by atoms with Crippen molar-refractivity contribution in [3.63, 3.8) is 0 Å². The van der Waals surface area contributed by atoms with Gasteiger partial charge in [0.2, 0.25) is 0 Å². The Balaban J connectivity index is 1.36. The predicted molar refractivity (Wildman–Crippen MR) is 139 cm³/mol. The fraction of sp³-hybridized carbons (Fsp3) is 0.185. The summed E-state index contributed by atoms with van der Waals surface area (Å²) in [7, 11) is 0. The molecule has 3 aromatic carbocycles. The molecule has 196 valence electrons. The molecule has 4 N–H and O–H groups in total. The lowest BCUT2D eigenvalue weighted by Gasteiger charge is -2.20. The Morgan fingerprint density at radius 3 is 2.13 bits per heavy atom. The van der Waals surface area contributed by atoms with Gasteiger partial charge in [-0.1, -0.05) is 54.1 Å². The van der Waals surface area contributed by atoms with Gasteiger partial charge in [-0.3, -0.25) is 14.4 Å². The molecule has 1 heterocycles. The van der Waals surface area contributed by atoms with Crippen LogP contribution >= 0.6 is 11.6 Å². The van der Waals surface area contributed by atoms with Crippen LogP contribution in [0.15, 0.2) is 78.9 Å². The quantitative estimate of drug-likeness (QED) is 0.328. The molecule has 4 rings (SSSR count). The molecule has 0 spiro atoms. The number of anilines is 2. The van der Waals surface area contributed by atoms with Crippen molar-refractivity contribution in [2.24, 2.45) is 0 Å². The maximum atomic E-state index is 12.9. The first-order valence-corrected chi connectivity index (χ1v) is 12.0. The molecular formula is C27H24ClN3O7. The lowest BCUT2D eigenvalue weighted by molar-refractivity contribution is -0.144. The summed E-state index contributed by atoms with van der Waals surface area (Å²) in [5, 5.41) is 17.8. The topological polar surface area (TPSA) is 143 Å². The van der Waals surface area contributed by atoms with Gasteiger partial charge >= 0.3 is 5.97 Å². The number of nitrogens with one attached hydrogen (secondary N) is 3. The van der Waals surface area contributed by atoms with E-state index in [0.29, 0.717) is 27.5 Å². The Morgan fingerprint density at radius 2 is 1.47 bits per heavy atom. The van der Waals surface area contributed by atoms with E-state index in [1.807, 2.05) is 6.07 Å². The minimum atomic E-state index is -1.35. The number of carbonyl (C=O) groups excluding carboxylic acids is 3. The summed E-state index contributed by atoms with van der Waals surface area (Å²) < 4.78 is 10.6. The molecule has 11 heteroatoms. The van der Waals surface area contributed by atoms with Crippen LogP contribution in [-0.4, -0.2) is 53.8 Å². The van der Waals surface area contributed by atoms with Crippen molar-refractivity contribution in [1.82, 2.24) is 5.32 Å². The third-order valence-corrected chi connectivity index (χ3v) is 6.05. The van der Waals surface area contributed by atoms with Gasteiger partial charge in [0.1, 0.15) is 12.8 Å². The lowest BCUT2D eigenvalue weighted by Crippen LogP contribution is -2.51. The molecule has 0 aromatic heterocycles. The maximum Gasteiger partial charge on any atom is 0.326 e. The fourth-order valence-electron chi connectivity index (χ4n) is 3.76. The first-order valence-electron chi connectivity index (χ1n) is 11.6. The maximum absolute atomic E-state index is 12.9. The van der Waals surface area contributed by atoms with Crippen LogP contribution in [0.2, 0.25) is 5.02 Å². The van der Waals surface area contributed by atoms with E-state index in [9.17, 15) is 24.3 Å². The number of rotatable bonds is 9. The third kappa shape index (κ3) is 6.74. The number of ether oxygens (including phenoxy) is 2. The summed E-state index contributed by atoms with van der Waals surface area (Å²) in [5.74, 6) is -3.01. The van der Waals surface area contributed by atoms with E-state index in [1.54, 1.807) is 72.8 Å². The van der Waals surface area contributed by atoms with Crippen molar-refractivity contribution in [3.8, 4) is 0 Å². The normalized spacial score (nSPS) is 17.3. The Morgan fingerprint density at radius 1 is 0.842 bits per heavy atom. The van der Waals surface area contributed by atoms with Gasteiger partial charge < -0.3 is 30.5 Å². The Bertz CT molecular complexity index is 1320. The first-order chi connectivity index (χ1) is 18.3. The number of amides is 3. The average Bonchev–Trinajstić information content (AvgIpc) is 3.41. The Hall–Kier alpha value is -4.25. The number of halogens is 1. The van der Waals surface area contributed by atoms with Crippen molar-refractivity contribution >= 4 is 46.7 Å². The molecule has 1 aliphatic heterocycles. The number of carboxylic acid groups (broad SMARTS) is 1. The minimum absolute atomic E-state index is 0.0436. The zero-order chi connectivity index (χ0) is 27.1. The van der Waals surface area contributed by atoms with Crippen LogP contribution in [0.4, 0.5) is 11.4 Å². The summed E-state index contributed by atoms with van der Waals surface area (Å²) >= 11 is 6.07. The number of para-hydroxylation sites is 1. The molecule has 0 saturated carbocycles. The molecule has 10 nitrogen and oxygen atoms in total. The average molecular weight is 538 g/mol. The van der Waals surface area contributed by atoms with Crippen molar-refractivity contribution in [3.05, 3.63) is 95.0 Å². The molecule has 1 saturated heterocycles. The molecule has 1 aliphatic rings. The van der Waals surface area contributed by atoms with Crippen molar-refractivity contribution < 1.29 is 33.8 Å². The SMILES string of the molecule is O=C(Nc1ccc(CC(NC(=O)C2OCOC2C(=O)Nc2ccccc2Cl)C(=O)O)cc1)c1ccccc1. The highest BCUT2D eigenvalue weighted by Gasteiger charge is 2.41. The van der Waals surface area contributed by atoms with Crippen LogP contribution in [0.1, 0.15) is 15.9 Å². The van der Waals surface area contributed by atoms with E-state index in [2.05, 4.69) is 16.0 Å². The van der Waals surface area contributed by atoms with E-state index >= 15 is 0 Å². The highest BCUT2D eigenvalue weighted by atomic mass is 35.5. The fourth-order valence-corrected chi connectivity index (χ4v) is 3.94. The van der Waals surface area contributed by atoms with Crippen molar-refractivity contribution in [1.29, 1.82) is 0 Å². The van der Waals surface area contributed by atoms with Crippen LogP contribution in [0, 0.1) is 0 Å². The predicted octanol–water partition coefficient (Wildman–Crippen LogP) is 3.08. The second kappa shape index (κ2) is 12.3. The van der Waals surface area contributed by atoms with Crippen LogP contribution in [-0.2, 0) is 30.3 Å². The van der Waals surface area contributed by atoms with Crippen LogP contribution < -0.4 is 16.0 Å². The van der Waals surface area contributed by atoms with Crippen LogP contribution in [0.25, 0.3) is 0 Å². The standard InChI is InChI=1S/C27H24ClN3O7/c28-19-8-4-5-9-20(19)30-25(33)22-23(38-15-37-22)26(34)31-21(27(35)36)14-16-10-12-18(13-11-16)29-24(32)17-6-2-1-3-7-17/h1-13,21-23H,14-15H2,(H,29,32)(H,30,33)(H,31,34)(H,35,36). The molecule has 0 aliphatic carbocycles. The second-order valence-electron chi connectivity index (χ2n) is 8.38. The Kier molecular flexibility index (Phi) is 8.70. The van der Waals surface area contributed by atoms with E-state index in [1.165, 1.54) is 0 Å². The molecular weight excluding hydrogens is 514 g/mol. The molecule has 3 aromatic rings. The van der Waals surface area contributed by atoms with Crippen molar-refractivity contribution in [2.45, 2.75) is 24.7 Å². The van der Waals surface area contributed by atoms with Gasteiger partial charge in [-0.05, 0) is 42.0 Å². The van der Waals surface area contributed by atoms with Gasteiger partial charge in [-0.15, -0.1) is 0 Å². The largest absolute Gasteiger partial charge is 0.480 e. The molecule has 0 radical (unpaired) electrons. The molecule has 3 amide bonds. The van der Waals surface area contributed by atoms with E-state index in [4.69, 9.17) is 21.1 Å². The molecule has 0 bridgehead atoms. The van der Waals surface area contributed by atoms with Gasteiger partial charge in [0, 0.05) is 17.7 Å². The third-order valence-electron chi connectivity index (χ3n) is 5.72. The number of aliphatic carboxylic acids is 1. The summed E-state index contributed by atoms with van der Waals surface area (Å²) in [6, 6.07) is 20.5. The minimum Gasteiger partial charge on any atom is -0.480 e. The molecule has 3 atom stereocenters. The highest BCUT2D eigenvalue weighted by Crippen LogP contribution is 2.23. The van der Waals surface area contributed by atoms with E-state index in [-0.39, 0.29) is 19.1 Å². The molecule has 38 heavy (non-hydrogen) atoms. The number of carbonyl (C=O) groups is 4. The zero-order valence-corrected chi connectivity index (χ0v) is 20.7. The summed E-state index contributed by atoms with van der Waals surface area (Å²) in [5.41, 5.74) is 1.97. The number of carboxylic acids is 1. The number of benzene rings is 3. The molecule has 3 unspecified atom stereocenters. The van der Waals surface area contributed by atoms with Crippen molar-refractivity contribution in [2.75, 3.05) is 17.4 Å². The Labute approximate surface area is 222 Å². The summed E-state index contributed by atoms with van der Waals surface area (Å²) in [6.45, 7) is -0.313. The van der Waals surface area contributed by atoms with Gasteiger partial charge in [0.05, 0.1) is 10.7 Å². The number of hydrogen-bond acceptors (Lipinski definition) is 6. The highest BCUT2D eigenvalue weighted by molar-refractivity contribution is 6.33. The lowest BCUT2D eigenvalue weighted by atomic mass is 10.0. The first kappa shape index (κ1) is 26.8. The zero-order valence-electron chi connectivity index (χ0n) is 19.9. The van der Waals surface area contributed by atoms with Gasteiger partial charge in [-0.25, -0.2) is 4.79 Å². The number of hydrogen-bond donors (Lipinski definition) is 4. The van der Waals surface area contributed by atoms with Gasteiger partial charge in [0.25, 0.3) is 17.7 Å². The molecule has 1 fully saturated rings. The van der Waals surface area contributed by atoms with E-state index in [0.717, 1.165) is 0 Å². The smallest absolute Gasteiger partial charge is 0.326 e. The summed E-state index contributed by atoms with van der Waals surface area (Å²) in [6.07, 6.45) is -2.69. The summed E-state index contributed by atoms with van der Waals surface area (Å²) in [4.78, 5) is 49.7. The monoisotopic (exact) mass is 537 g/mol. The second-order valence-corrected chi connectivity index (χ2v) is 8.79.